The Balaban J connectivity index is 2.31. The summed E-state index contributed by atoms with van der Waals surface area (Å²) in [5, 5.41) is 0.677. The molecule has 15 heavy (non-hydrogen) atoms. The van der Waals surface area contributed by atoms with Gasteiger partial charge in [0.1, 0.15) is 5.76 Å². The third-order valence-corrected chi connectivity index (χ3v) is 4.86. The van der Waals surface area contributed by atoms with Crippen molar-refractivity contribution in [1.29, 1.82) is 0 Å². The van der Waals surface area contributed by atoms with Gasteiger partial charge in [-0.2, -0.15) is 0 Å². The summed E-state index contributed by atoms with van der Waals surface area (Å²) in [6.45, 7) is 0. The Morgan fingerprint density at radius 2 is 2.13 bits per heavy atom. The molecule has 80 valence electrons. The molecule has 2 aromatic heterocycles. The van der Waals surface area contributed by atoms with Gasteiger partial charge in [0.2, 0.25) is 0 Å². The van der Waals surface area contributed by atoms with Crippen molar-refractivity contribution in [2.75, 3.05) is 0 Å². The van der Waals surface area contributed by atoms with Crippen LogP contribution in [-0.4, -0.2) is 0 Å². The van der Waals surface area contributed by atoms with Gasteiger partial charge in [0, 0.05) is 4.88 Å². The zero-order chi connectivity index (χ0) is 11.0. The number of hydrogen-bond donors (Lipinski definition) is 1. The minimum absolute atomic E-state index is 0.273. The molecule has 0 aromatic carbocycles. The van der Waals surface area contributed by atoms with Crippen LogP contribution < -0.4 is 5.73 Å². The molecule has 2 nitrogen and oxygen atoms in total. The van der Waals surface area contributed by atoms with Crippen molar-refractivity contribution >= 4 is 54.8 Å². The summed E-state index contributed by atoms with van der Waals surface area (Å²) in [5.41, 5.74) is 6.03. The van der Waals surface area contributed by atoms with Gasteiger partial charge in [-0.15, -0.1) is 11.3 Å². The van der Waals surface area contributed by atoms with Gasteiger partial charge >= 0.3 is 0 Å². The van der Waals surface area contributed by atoms with Crippen LogP contribution in [0, 0.1) is 0 Å². The fraction of sp³-hybridized carbons (Fsp3) is 0.111. The second kappa shape index (κ2) is 4.59. The molecule has 0 saturated heterocycles. The highest BCUT2D eigenvalue weighted by molar-refractivity contribution is 9.11. The highest BCUT2D eigenvalue weighted by Gasteiger charge is 2.16. The molecule has 2 rings (SSSR count). The van der Waals surface area contributed by atoms with Crippen LogP contribution in [0.2, 0.25) is 5.02 Å². The Labute approximate surface area is 113 Å². The number of thiophene rings is 1. The predicted molar refractivity (Wildman–Crippen MR) is 69.5 cm³/mol. The van der Waals surface area contributed by atoms with Gasteiger partial charge < -0.3 is 10.2 Å². The Hall–Kier alpha value is 0.190. The molecule has 1 unspecified atom stereocenters. The van der Waals surface area contributed by atoms with E-state index >= 15 is 0 Å². The van der Waals surface area contributed by atoms with E-state index < -0.39 is 0 Å². The SMILES string of the molecule is NC(c1ccc(Br)o1)c1cc(Cl)c(Br)s1. The van der Waals surface area contributed by atoms with Crippen molar-refractivity contribution in [3.8, 4) is 0 Å². The van der Waals surface area contributed by atoms with E-state index in [0.29, 0.717) is 15.5 Å². The molecule has 2 heterocycles. The average Bonchev–Trinajstić information content (AvgIpc) is 2.74. The minimum atomic E-state index is -0.273. The van der Waals surface area contributed by atoms with Gasteiger partial charge in [0.25, 0.3) is 0 Å². The molecular formula is C9H6Br2ClNOS. The van der Waals surface area contributed by atoms with Crippen LogP contribution in [-0.2, 0) is 0 Å². The van der Waals surface area contributed by atoms with E-state index in [2.05, 4.69) is 31.9 Å². The summed E-state index contributed by atoms with van der Waals surface area (Å²) < 4.78 is 6.95. The molecule has 0 fully saturated rings. The summed E-state index contributed by atoms with van der Waals surface area (Å²) in [6.07, 6.45) is 0. The number of furan rings is 1. The molecule has 0 radical (unpaired) electrons. The highest BCUT2D eigenvalue weighted by Crippen LogP contribution is 2.37. The van der Waals surface area contributed by atoms with Gasteiger partial charge in [0.05, 0.1) is 14.9 Å². The maximum absolute atomic E-state index is 6.03. The third-order valence-electron chi connectivity index (χ3n) is 1.87. The minimum Gasteiger partial charge on any atom is -0.452 e. The number of nitrogens with two attached hydrogens (primary N) is 1. The standard InChI is InChI=1S/C9H6Br2ClNOS/c10-7-2-1-5(14-7)8(13)6-3-4(12)9(11)15-6/h1-3,8H,13H2. The maximum atomic E-state index is 6.03. The molecule has 0 spiro atoms. The first-order valence-electron chi connectivity index (χ1n) is 4.03. The van der Waals surface area contributed by atoms with Crippen LogP contribution >= 0.6 is 54.8 Å². The first kappa shape index (κ1) is 11.7. The molecule has 0 saturated carbocycles. The van der Waals surface area contributed by atoms with Crippen LogP contribution in [0.15, 0.2) is 31.1 Å². The second-order valence-corrected chi connectivity index (χ2v) is 6.48. The van der Waals surface area contributed by atoms with E-state index in [0.717, 1.165) is 8.66 Å². The monoisotopic (exact) mass is 369 g/mol. The Kier molecular flexibility index (Phi) is 3.57. The lowest BCUT2D eigenvalue weighted by Gasteiger charge is -2.04. The number of halogens is 3. The maximum Gasteiger partial charge on any atom is 0.169 e. The first-order valence-corrected chi connectivity index (χ1v) is 6.81. The van der Waals surface area contributed by atoms with Crippen LogP contribution in [0.1, 0.15) is 16.7 Å². The molecule has 6 heteroatoms. The number of rotatable bonds is 2. The van der Waals surface area contributed by atoms with Crippen LogP contribution in [0.5, 0.6) is 0 Å². The first-order chi connectivity index (χ1) is 7.08. The molecular weight excluding hydrogens is 365 g/mol. The molecule has 1 atom stereocenters. The van der Waals surface area contributed by atoms with Gasteiger partial charge in [-0.25, -0.2) is 0 Å². The molecule has 2 N–H and O–H groups in total. The Morgan fingerprint density at radius 3 is 2.60 bits per heavy atom. The fourth-order valence-electron chi connectivity index (χ4n) is 1.15. The van der Waals surface area contributed by atoms with Crippen molar-refractivity contribution in [2.45, 2.75) is 6.04 Å². The van der Waals surface area contributed by atoms with Crippen LogP contribution in [0.3, 0.4) is 0 Å². The van der Waals surface area contributed by atoms with Gasteiger partial charge in [-0.1, -0.05) is 11.6 Å². The van der Waals surface area contributed by atoms with E-state index in [1.54, 1.807) is 0 Å². The van der Waals surface area contributed by atoms with Crippen molar-refractivity contribution in [3.05, 3.63) is 42.3 Å². The summed E-state index contributed by atoms with van der Waals surface area (Å²) >= 11 is 14.0. The zero-order valence-electron chi connectivity index (χ0n) is 7.34. The molecule has 0 aliphatic rings. The summed E-state index contributed by atoms with van der Waals surface area (Å²) in [4.78, 5) is 0.966. The predicted octanol–water partition coefficient (Wildman–Crippen LogP) is 4.57. The normalized spacial score (nSPS) is 13.1. The van der Waals surface area contributed by atoms with Crippen molar-refractivity contribution in [1.82, 2.24) is 0 Å². The van der Waals surface area contributed by atoms with E-state index in [1.807, 2.05) is 18.2 Å². The smallest absolute Gasteiger partial charge is 0.169 e. The van der Waals surface area contributed by atoms with Crippen LogP contribution in [0.4, 0.5) is 0 Å². The Bertz CT molecular complexity index is 463. The summed E-state index contributed by atoms with van der Waals surface area (Å²) in [5.74, 6) is 0.715. The van der Waals surface area contributed by atoms with E-state index in [9.17, 15) is 0 Å². The topological polar surface area (TPSA) is 39.2 Å². The summed E-state index contributed by atoms with van der Waals surface area (Å²) in [6, 6.07) is 5.23. The van der Waals surface area contributed by atoms with E-state index in [-0.39, 0.29) is 6.04 Å². The third kappa shape index (κ3) is 2.47. The number of hydrogen-bond acceptors (Lipinski definition) is 3. The quantitative estimate of drug-likeness (QED) is 0.840. The lowest BCUT2D eigenvalue weighted by Crippen LogP contribution is -2.08. The van der Waals surface area contributed by atoms with Gasteiger partial charge in [0.15, 0.2) is 4.67 Å². The van der Waals surface area contributed by atoms with Gasteiger partial charge in [-0.05, 0) is 50.1 Å². The summed E-state index contributed by atoms with van der Waals surface area (Å²) in [7, 11) is 0. The Morgan fingerprint density at radius 1 is 1.40 bits per heavy atom. The van der Waals surface area contributed by atoms with Crippen molar-refractivity contribution < 1.29 is 4.42 Å². The molecule has 0 aliphatic heterocycles. The molecule has 0 aliphatic carbocycles. The van der Waals surface area contributed by atoms with E-state index in [1.165, 1.54) is 11.3 Å². The fourth-order valence-corrected chi connectivity index (χ4v) is 3.23. The molecule has 0 amide bonds. The van der Waals surface area contributed by atoms with Crippen molar-refractivity contribution in [2.24, 2.45) is 5.73 Å². The second-order valence-electron chi connectivity index (χ2n) is 2.89. The lowest BCUT2D eigenvalue weighted by atomic mass is 10.2. The van der Waals surface area contributed by atoms with Crippen molar-refractivity contribution in [3.63, 3.8) is 0 Å². The highest BCUT2D eigenvalue weighted by atomic mass is 79.9. The van der Waals surface area contributed by atoms with E-state index in [4.69, 9.17) is 21.8 Å². The lowest BCUT2D eigenvalue weighted by molar-refractivity contribution is 0.472. The molecule has 2 aromatic rings. The average molecular weight is 371 g/mol. The van der Waals surface area contributed by atoms with Gasteiger partial charge in [-0.3, -0.25) is 0 Å². The molecule has 0 bridgehead atoms. The van der Waals surface area contributed by atoms with Crippen LogP contribution in [0.25, 0.3) is 0 Å². The largest absolute Gasteiger partial charge is 0.452 e. The zero-order valence-corrected chi connectivity index (χ0v) is 12.1.